The SMILES string of the molecule is COC(=O)C1(N)CCC(N2CCC(N(C)C)CC2)C1. The van der Waals surface area contributed by atoms with Crippen molar-refractivity contribution in [2.45, 2.75) is 49.7 Å². The summed E-state index contributed by atoms with van der Waals surface area (Å²) in [4.78, 5) is 16.6. The van der Waals surface area contributed by atoms with Crippen molar-refractivity contribution in [3.05, 3.63) is 0 Å². The summed E-state index contributed by atoms with van der Waals surface area (Å²) in [6, 6.07) is 1.15. The molecule has 2 N–H and O–H groups in total. The molecule has 1 saturated heterocycles. The lowest BCUT2D eigenvalue weighted by Gasteiger charge is -2.38. The molecule has 0 radical (unpaired) electrons. The van der Waals surface area contributed by atoms with Crippen molar-refractivity contribution in [3.63, 3.8) is 0 Å². The molecule has 2 fully saturated rings. The van der Waals surface area contributed by atoms with Crippen LogP contribution >= 0.6 is 0 Å². The van der Waals surface area contributed by atoms with Crippen LogP contribution in [0.3, 0.4) is 0 Å². The van der Waals surface area contributed by atoms with Crippen LogP contribution in [0, 0.1) is 0 Å². The number of likely N-dealkylation sites (tertiary alicyclic amines) is 1. The fourth-order valence-corrected chi connectivity index (χ4v) is 3.52. The number of hydrogen-bond donors (Lipinski definition) is 1. The van der Waals surface area contributed by atoms with Crippen molar-refractivity contribution in [2.24, 2.45) is 5.73 Å². The second-order valence-electron chi connectivity index (χ2n) is 6.28. The highest BCUT2D eigenvalue weighted by atomic mass is 16.5. The maximum absolute atomic E-state index is 11.7. The van der Waals surface area contributed by atoms with Gasteiger partial charge < -0.3 is 20.3 Å². The lowest BCUT2D eigenvalue weighted by atomic mass is 9.97. The summed E-state index contributed by atoms with van der Waals surface area (Å²) in [5.41, 5.74) is 5.42. The van der Waals surface area contributed by atoms with Gasteiger partial charge in [-0.15, -0.1) is 0 Å². The first-order valence-electron chi connectivity index (χ1n) is 7.24. The maximum atomic E-state index is 11.7. The minimum atomic E-state index is -0.752. The van der Waals surface area contributed by atoms with E-state index in [0.717, 1.165) is 32.4 Å². The lowest BCUT2D eigenvalue weighted by Crippen LogP contribution is -2.50. The van der Waals surface area contributed by atoms with E-state index in [1.165, 1.54) is 20.0 Å². The van der Waals surface area contributed by atoms with Crippen molar-refractivity contribution in [1.29, 1.82) is 0 Å². The predicted molar refractivity (Wildman–Crippen MR) is 74.9 cm³/mol. The summed E-state index contributed by atoms with van der Waals surface area (Å²) >= 11 is 0. The summed E-state index contributed by atoms with van der Waals surface area (Å²) in [6.07, 6.45) is 4.92. The van der Waals surface area contributed by atoms with E-state index in [1.807, 2.05) is 0 Å². The van der Waals surface area contributed by atoms with E-state index in [0.29, 0.717) is 12.1 Å². The molecule has 1 aliphatic carbocycles. The van der Waals surface area contributed by atoms with E-state index < -0.39 is 5.54 Å². The van der Waals surface area contributed by atoms with Gasteiger partial charge in [-0.1, -0.05) is 0 Å². The van der Waals surface area contributed by atoms with Gasteiger partial charge in [0.25, 0.3) is 0 Å². The third-order valence-corrected chi connectivity index (χ3v) is 4.86. The Labute approximate surface area is 116 Å². The van der Waals surface area contributed by atoms with Crippen molar-refractivity contribution in [1.82, 2.24) is 9.80 Å². The predicted octanol–water partition coefficient (Wildman–Crippen LogP) is 0.435. The highest BCUT2D eigenvalue weighted by molar-refractivity contribution is 5.81. The monoisotopic (exact) mass is 269 g/mol. The fraction of sp³-hybridized carbons (Fsp3) is 0.929. The quantitative estimate of drug-likeness (QED) is 0.753. The number of piperidine rings is 1. The number of methoxy groups -OCH3 is 1. The molecule has 2 atom stereocenters. The molecule has 0 aromatic heterocycles. The van der Waals surface area contributed by atoms with Gasteiger partial charge in [0.1, 0.15) is 5.54 Å². The van der Waals surface area contributed by atoms with Crippen LogP contribution in [0.4, 0.5) is 0 Å². The zero-order chi connectivity index (χ0) is 14.0. The average molecular weight is 269 g/mol. The minimum absolute atomic E-state index is 0.252. The molecule has 0 aromatic carbocycles. The van der Waals surface area contributed by atoms with Crippen LogP contribution in [-0.4, -0.2) is 67.7 Å². The van der Waals surface area contributed by atoms with E-state index in [-0.39, 0.29) is 5.97 Å². The van der Waals surface area contributed by atoms with E-state index in [2.05, 4.69) is 23.9 Å². The number of carbonyl (C=O) groups is 1. The second-order valence-corrected chi connectivity index (χ2v) is 6.28. The molecule has 0 amide bonds. The molecule has 2 aliphatic rings. The van der Waals surface area contributed by atoms with Crippen LogP contribution in [0.1, 0.15) is 32.1 Å². The lowest BCUT2D eigenvalue weighted by molar-refractivity contribution is -0.147. The van der Waals surface area contributed by atoms with Gasteiger partial charge in [0.15, 0.2) is 0 Å². The molecular formula is C14H27N3O2. The Balaban J connectivity index is 1.87. The number of ether oxygens (including phenoxy) is 1. The maximum Gasteiger partial charge on any atom is 0.325 e. The van der Waals surface area contributed by atoms with Crippen molar-refractivity contribution < 1.29 is 9.53 Å². The smallest absolute Gasteiger partial charge is 0.325 e. The first kappa shape index (κ1) is 14.8. The summed E-state index contributed by atoms with van der Waals surface area (Å²) in [5, 5.41) is 0. The molecule has 0 aromatic rings. The molecule has 1 aliphatic heterocycles. The van der Waals surface area contributed by atoms with Gasteiger partial charge in [-0.2, -0.15) is 0 Å². The number of esters is 1. The largest absolute Gasteiger partial charge is 0.468 e. The van der Waals surface area contributed by atoms with Crippen molar-refractivity contribution in [3.8, 4) is 0 Å². The molecule has 0 bridgehead atoms. The van der Waals surface area contributed by atoms with Crippen LogP contribution in [0.5, 0.6) is 0 Å². The molecule has 19 heavy (non-hydrogen) atoms. The van der Waals surface area contributed by atoms with Gasteiger partial charge in [0, 0.05) is 12.1 Å². The van der Waals surface area contributed by atoms with Crippen LogP contribution in [-0.2, 0) is 9.53 Å². The van der Waals surface area contributed by atoms with Gasteiger partial charge in [-0.05, 0) is 59.3 Å². The van der Waals surface area contributed by atoms with Gasteiger partial charge in [-0.25, -0.2) is 0 Å². The van der Waals surface area contributed by atoms with Crippen molar-refractivity contribution in [2.75, 3.05) is 34.3 Å². The van der Waals surface area contributed by atoms with Crippen LogP contribution in [0.25, 0.3) is 0 Å². The van der Waals surface area contributed by atoms with E-state index in [1.54, 1.807) is 0 Å². The van der Waals surface area contributed by atoms with Crippen molar-refractivity contribution >= 4 is 5.97 Å². The van der Waals surface area contributed by atoms with Crippen LogP contribution in [0.15, 0.2) is 0 Å². The average Bonchev–Trinajstić information content (AvgIpc) is 2.82. The Hall–Kier alpha value is -0.650. The third-order valence-electron chi connectivity index (χ3n) is 4.86. The fourth-order valence-electron chi connectivity index (χ4n) is 3.52. The molecular weight excluding hydrogens is 242 g/mol. The van der Waals surface area contributed by atoms with E-state index in [4.69, 9.17) is 10.5 Å². The molecule has 0 spiro atoms. The minimum Gasteiger partial charge on any atom is -0.468 e. The standard InChI is InChI=1S/C14H27N3O2/c1-16(2)11-5-8-17(9-6-11)12-4-7-14(15,10-12)13(18)19-3/h11-12H,4-10,15H2,1-3H3. The Morgan fingerprint density at radius 3 is 2.47 bits per heavy atom. The number of nitrogens with zero attached hydrogens (tertiary/aromatic N) is 2. The summed E-state index contributed by atoms with van der Waals surface area (Å²) < 4.78 is 4.83. The topological polar surface area (TPSA) is 58.8 Å². The highest BCUT2D eigenvalue weighted by Crippen LogP contribution is 2.33. The Morgan fingerprint density at radius 1 is 1.32 bits per heavy atom. The molecule has 110 valence electrons. The number of rotatable bonds is 3. The summed E-state index contributed by atoms with van der Waals surface area (Å²) in [7, 11) is 5.73. The summed E-state index contributed by atoms with van der Waals surface area (Å²) in [5.74, 6) is -0.252. The highest BCUT2D eigenvalue weighted by Gasteiger charge is 2.45. The molecule has 2 unspecified atom stereocenters. The van der Waals surface area contributed by atoms with Gasteiger partial charge in [0.2, 0.25) is 0 Å². The van der Waals surface area contributed by atoms with E-state index >= 15 is 0 Å². The van der Waals surface area contributed by atoms with Crippen LogP contribution < -0.4 is 5.73 Å². The Kier molecular flexibility index (Phi) is 4.48. The number of nitrogens with two attached hydrogens (primary N) is 1. The van der Waals surface area contributed by atoms with Gasteiger partial charge in [-0.3, -0.25) is 4.79 Å². The zero-order valence-corrected chi connectivity index (χ0v) is 12.4. The Bertz CT molecular complexity index is 327. The first-order chi connectivity index (χ1) is 8.96. The Morgan fingerprint density at radius 2 is 1.95 bits per heavy atom. The van der Waals surface area contributed by atoms with Gasteiger partial charge in [0.05, 0.1) is 7.11 Å². The number of hydrogen-bond acceptors (Lipinski definition) is 5. The molecule has 1 saturated carbocycles. The number of carbonyl (C=O) groups excluding carboxylic acids is 1. The molecule has 5 nitrogen and oxygen atoms in total. The molecule has 1 heterocycles. The zero-order valence-electron chi connectivity index (χ0n) is 12.4. The summed E-state index contributed by atoms with van der Waals surface area (Å²) in [6.45, 7) is 2.23. The molecule has 5 heteroatoms. The third kappa shape index (κ3) is 3.09. The normalized spacial score (nSPS) is 33.8. The first-order valence-corrected chi connectivity index (χ1v) is 7.24. The van der Waals surface area contributed by atoms with Crippen LogP contribution in [0.2, 0.25) is 0 Å². The second kappa shape index (κ2) is 5.77. The van der Waals surface area contributed by atoms with Gasteiger partial charge >= 0.3 is 5.97 Å². The molecule has 2 rings (SSSR count). The van der Waals surface area contributed by atoms with E-state index in [9.17, 15) is 4.79 Å².